The summed E-state index contributed by atoms with van der Waals surface area (Å²) in [5.41, 5.74) is 3.12. The molecule has 0 spiro atoms. The van der Waals surface area contributed by atoms with E-state index in [0.717, 1.165) is 24.0 Å². The van der Waals surface area contributed by atoms with Gasteiger partial charge in [-0.25, -0.2) is 13.6 Å². The Hall–Kier alpha value is -5.29. The number of carbonyl (C=O) groups is 1. The first-order chi connectivity index (χ1) is 26.4. The van der Waals surface area contributed by atoms with Crippen LogP contribution in [0.5, 0.6) is 11.8 Å². The zero-order valence-corrected chi connectivity index (χ0v) is 32.2. The molecule has 0 aliphatic carbocycles. The van der Waals surface area contributed by atoms with Crippen molar-refractivity contribution in [2.45, 2.75) is 71.8 Å². The lowest BCUT2D eigenvalue weighted by Crippen LogP contribution is -2.47. The van der Waals surface area contributed by atoms with Gasteiger partial charge in [0.25, 0.3) is 0 Å². The molecular weight excluding hydrogens is 701 g/mol. The fourth-order valence-electron chi connectivity index (χ4n) is 7.58. The van der Waals surface area contributed by atoms with Crippen LogP contribution in [-0.4, -0.2) is 68.5 Å². The normalized spacial score (nSPS) is 16.2. The molecule has 3 aromatic carbocycles. The number of fused-ring (bicyclic) bond motifs is 1. The summed E-state index contributed by atoms with van der Waals surface area (Å²) in [6.07, 6.45) is 3.97. The highest BCUT2D eigenvalue weighted by Gasteiger charge is 2.33. The van der Waals surface area contributed by atoms with Gasteiger partial charge < -0.3 is 19.1 Å². The van der Waals surface area contributed by atoms with E-state index in [-0.39, 0.29) is 35.7 Å². The van der Waals surface area contributed by atoms with Crippen molar-refractivity contribution in [3.05, 3.63) is 113 Å². The number of nitrogens with zero attached hydrogens (tertiary/aromatic N) is 5. The van der Waals surface area contributed by atoms with Gasteiger partial charge in [0.15, 0.2) is 5.82 Å². The van der Waals surface area contributed by atoms with Crippen molar-refractivity contribution >= 4 is 22.6 Å². The maximum atomic E-state index is 16.6. The van der Waals surface area contributed by atoms with E-state index in [1.807, 2.05) is 87.5 Å². The molecule has 7 rings (SSSR count). The van der Waals surface area contributed by atoms with E-state index >= 15 is 8.78 Å². The van der Waals surface area contributed by atoms with Crippen molar-refractivity contribution in [3.8, 4) is 23.0 Å². The van der Waals surface area contributed by atoms with E-state index < -0.39 is 17.2 Å². The molecular formula is C44H49F2N5O4. The fraction of sp³-hybridized carbons (Fsp3) is 0.386. The predicted octanol–water partition coefficient (Wildman–Crippen LogP) is 9.20. The van der Waals surface area contributed by atoms with Crippen molar-refractivity contribution in [2.24, 2.45) is 13.0 Å². The van der Waals surface area contributed by atoms with Crippen LogP contribution in [0.1, 0.15) is 63.6 Å². The number of carbonyl (C=O) groups excluding carboxylic acids is 1. The number of rotatable bonds is 10. The van der Waals surface area contributed by atoms with Gasteiger partial charge in [0, 0.05) is 50.7 Å². The molecule has 11 heteroatoms. The van der Waals surface area contributed by atoms with Crippen molar-refractivity contribution in [3.63, 3.8) is 0 Å². The Labute approximate surface area is 321 Å². The minimum Gasteiger partial charge on any atom is -0.473 e. The molecule has 2 aliphatic rings. The van der Waals surface area contributed by atoms with Gasteiger partial charge in [0.2, 0.25) is 11.8 Å². The van der Waals surface area contributed by atoms with E-state index in [2.05, 4.69) is 11.8 Å². The van der Waals surface area contributed by atoms with Gasteiger partial charge in [-0.3, -0.25) is 9.58 Å². The maximum Gasteiger partial charge on any atom is 0.410 e. The SMILES string of the molecule is C[C@H](C1CCN(C(=O)OC(C)(C)C)CC1)N1CC=C(c2c(F)cc3c(-c4ccc(OCc5ccccc5)nc4OCc4ccccc4)nn(C)c3c2F)CC1. The lowest BCUT2D eigenvalue weighted by molar-refractivity contribution is 0.0139. The molecule has 5 aromatic rings. The molecule has 0 N–H and O–H groups in total. The van der Waals surface area contributed by atoms with Gasteiger partial charge in [-0.1, -0.05) is 66.7 Å². The predicted molar refractivity (Wildman–Crippen MR) is 210 cm³/mol. The molecule has 4 heterocycles. The summed E-state index contributed by atoms with van der Waals surface area (Å²) < 4.78 is 52.0. The highest BCUT2D eigenvalue weighted by Crippen LogP contribution is 2.40. The number of halogens is 2. The molecule has 55 heavy (non-hydrogen) atoms. The molecule has 288 valence electrons. The number of piperidine rings is 1. The summed E-state index contributed by atoms with van der Waals surface area (Å²) in [5, 5.41) is 5.03. The Bertz CT molecular complexity index is 2160. The van der Waals surface area contributed by atoms with Gasteiger partial charge in [0.1, 0.15) is 35.8 Å². The van der Waals surface area contributed by atoms with Gasteiger partial charge in [-0.05, 0) is 81.7 Å². The number of amides is 1. The lowest BCUT2D eigenvalue weighted by Gasteiger charge is -2.41. The smallest absolute Gasteiger partial charge is 0.410 e. The average molecular weight is 750 g/mol. The van der Waals surface area contributed by atoms with Gasteiger partial charge >= 0.3 is 6.09 Å². The molecule has 2 aliphatic heterocycles. The molecule has 1 saturated heterocycles. The third-order valence-corrected chi connectivity index (χ3v) is 10.6. The second-order valence-electron chi connectivity index (χ2n) is 15.5. The Morgan fingerprint density at radius 2 is 1.56 bits per heavy atom. The van der Waals surface area contributed by atoms with Gasteiger partial charge in [-0.15, -0.1) is 0 Å². The fourth-order valence-corrected chi connectivity index (χ4v) is 7.58. The van der Waals surface area contributed by atoms with Crippen LogP contribution >= 0.6 is 0 Å². The number of aryl methyl sites for hydroxylation is 1. The Morgan fingerprint density at radius 3 is 2.18 bits per heavy atom. The topological polar surface area (TPSA) is 82.0 Å². The van der Waals surface area contributed by atoms with Crippen molar-refractivity contribution < 1.29 is 27.8 Å². The quantitative estimate of drug-likeness (QED) is 0.141. The summed E-state index contributed by atoms with van der Waals surface area (Å²) in [7, 11) is 1.67. The second kappa shape index (κ2) is 16.2. The molecule has 1 fully saturated rings. The Kier molecular flexibility index (Phi) is 11.2. The third-order valence-electron chi connectivity index (χ3n) is 10.6. The highest BCUT2D eigenvalue weighted by molar-refractivity contribution is 5.96. The van der Waals surface area contributed by atoms with Crippen molar-refractivity contribution in [2.75, 3.05) is 26.2 Å². The van der Waals surface area contributed by atoms with Crippen molar-refractivity contribution in [1.82, 2.24) is 24.6 Å². The summed E-state index contributed by atoms with van der Waals surface area (Å²) in [6, 6.07) is 24.6. The van der Waals surface area contributed by atoms with Crippen LogP contribution in [0.2, 0.25) is 0 Å². The molecule has 0 unspecified atom stereocenters. The van der Waals surface area contributed by atoms with E-state index in [1.54, 1.807) is 24.1 Å². The summed E-state index contributed by atoms with van der Waals surface area (Å²) in [5.74, 6) is -0.259. The van der Waals surface area contributed by atoms with Crippen LogP contribution < -0.4 is 9.47 Å². The number of aromatic nitrogens is 3. The second-order valence-corrected chi connectivity index (χ2v) is 15.5. The summed E-state index contributed by atoms with van der Waals surface area (Å²) in [6.45, 7) is 11.0. The van der Waals surface area contributed by atoms with Crippen molar-refractivity contribution in [1.29, 1.82) is 0 Å². The van der Waals surface area contributed by atoms with Crippen LogP contribution in [-0.2, 0) is 25.0 Å². The average Bonchev–Trinajstić information content (AvgIpc) is 3.51. The number of ether oxygens (including phenoxy) is 3. The van der Waals surface area contributed by atoms with Crippen LogP contribution in [0.3, 0.4) is 0 Å². The monoisotopic (exact) mass is 749 g/mol. The van der Waals surface area contributed by atoms with E-state index in [1.165, 1.54) is 10.7 Å². The molecule has 0 saturated carbocycles. The largest absolute Gasteiger partial charge is 0.473 e. The van der Waals surface area contributed by atoms with Crippen LogP contribution in [0.25, 0.3) is 27.7 Å². The van der Waals surface area contributed by atoms with E-state index in [4.69, 9.17) is 24.3 Å². The number of likely N-dealkylation sites (tertiary alicyclic amines) is 1. The molecule has 2 aromatic heterocycles. The minimum atomic E-state index is -0.638. The zero-order chi connectivity index (χ0) is 38.7. The zero-order valence-electron chi connectivity index (χ0n) is 32.2. The lowest BCUT2D eigenvalue weighted by atomic mass is 9.88. The molecule has 9 nitrogen and oxygen atoms in total. The highest BCUT2D eigenvalue weighted by atomic mass is 19.1. The maximum absolute atomic E-state index is 16.6. The summed E-state index contributed by atoms with van der Waals surface area (Å²) in [4.78, 5) is 21.4. The molecule has 1 amide bonds. The van der Waals surface area contributed by atoms with Crippen LogP contribution in [0, 0.1) is 17.6 Å². The first kappa shape index (κ1) is 38.0. The van der Waals surface area contributed by atoms with Gasteiger partial charge in [-0.2, -0.15) is 10.1 Å². The number of hydrogen-bond acceptors (Lipinski definition) is 7. The molecule has 0 bridgehead atoms. The number of benzene rings is 3. The molecule has 0 radical (unpaired) electrons. The first-order valence-electron chi connectivity index (χ1n) is 19.1. The number of hydrogen-bond donors (Lipinski definition) is 0. The standard InChI is InChI=1S/C44H49F2N5O4/c1-29(32-18-24-51(25-19-32)43(52)55-44(2,3)4)50-22-20-33(21-23-50)38-36(45)26-35-40(48-49(5)41(35)39(38)46)34-16-17-37(53-27-30-12-8-6-9-13-30)47-42(34)54-28-31-14-10-7-11-15-31/h6-17,20,26,29,32H,18-19,21-25,27-28H2,1-5H3/t29-/m1/s1. The van der Waals surface area contributed by atoms with E-state index in [0.29, 0.717) is 73.2 Å². The third kappa shape index (κ3) is 8.67. The van der Waals surface area contributed by atoms with E-state index in [9.17, 15) is 4.79 Å². The summed E-state index contributed by atoms with van der Waals surface area (Å²) >= 11 is 0. The van der Waals surface area contributed by atoms with Crippen LogP contribution in [0.4, 0.5) is 13.6 Å². The van der Waals surface area contributed by atoms with Gasteiger partial charge in [0.05, 0.1) is 11.1 Å². The number of pyridine rings is 1. The molecule has 1 atom stereocenters. The van der Waals surface area contributed by atoms with Crippen LogP contribution in [0.15, 0.2) is 84.9 Å². The Balaban J connectivity index is 1.10. The first-order valence-corrected chi connectivity index (χ1v) is 19.1. The minimum absolute atomic E-state index is 0.0108. The Morgan fingerprint density at radius 1 is 0.909 bits per heavy atom.